The Labute approximate surface area is 230 Å². The first-order chi connectivity index (χ1) is 19.2. The van der Waals surface area contributed by atoms with E-state index in [4.69, 9.17) is 4.42 Å². The minimum atomic E-state index is -4.84. The van der Waals surface area contributed by atoms with E-state index in [9.17, 15) is 22.8 Å². The summed E-state index contributed by atoms with van der Waals surface area (Å²) in [4.78, 5) is 39.0. The van der Waals surface area contributed by atoms with Gasteiger partial charge < -0.3 is 24.4 Å². The predicted molar refractivity (Wildman–Crippen MR) is 143 cm³/mol. The van der Waals surface area contributed by atoms with Crippen LogP contribution in [-0.2, 0) is 17.4 Å². The molecule has 2 saturated heterocycles. The highest BCUT2D eigenvalue weighted by atomic mass is 19.4. The zero-order valence-electron chi connectivity index (χ0n) is 22.2. The largest absolute Gasteiger partial charge is 0.437 e. The van der Waals surface area contributed by atoms with Gasteiger partial charge in [0.25, 0.3) is 11.9 Å². The third kappa shape index (κ3) is 6.37. The summed E-state index contributed by atoms with van der Waals surface area (Å²) in [6, 6.07) is 12.7. The molecule has 0 saturated carbocycles. The van der Waals surface area contributed by atoms with E-state index in [2.05, 4.69) is 15.3 Å². The summed E-state index contributed by atoms with van der Waals surface area (Å²) in [7, 11) is 0. The number of hydrogen-bond donors (Lipinski definition) is 1. The molecule has 1 unspecified atom stereocenters. The number of piperazine rings is 1. The normalized spacial score (nSPS) is 18.1. The predicted octanol–water partition coefficient (Wildman–Crippen LogP) is 4.47. The van der Waals surface area contributed by atoms with Crippen molar-refractivity contribution in [1.29, 1.82) is 0 Å². The van der Waals surface area contributed by atoms with E-state index in [1.165, 1.54) is 6.20 Å². The smallest absolute Gasteiger partial charge is 0.417 e. The van der Waals surface area contributed by atoms with E-state index in [0.29, 0.717) is 51.5 Å². The molecule has 12 heteroatoms. The summed E-state index contributed by atoms with van der Waals surface area (Å²) < 4.78 is 46.4. The maximum absolute atomic E-state index is 13.7. The second-order valence-electron chi connectivity index (χ2n) is 10.3. The van der Waals surface area contributed by atoms with Crippen LogP contribution in [-0.4, -0.2) is 66.0 Å². The van der Waals surface area contributed by atoms with Gasteiger partial charge in [0.05, 0.1) is 18.3 Å². The molecule has 2 aromatic heterocycles. The molecular formula is C28H31F3N6O3. The van der Waals surface area contributed by atoms with Crippen LogP contribution in [0, 0.1) is 5.92 Å². The Morgan fingerprint density at radius 2 is 1.77 bits per heavy atom. The average molecular weight is 557 g/mol. The van der Waals surface area contributed by atoms with Crippen molar-refractivity contribution in [3.63, 3.8) is 0 Å². The molecule has 2 amide bonds. The molecule has 4 heterocycles. The van der Waals surface area contributed by atoms with E-state index in [1.807, 2.05) is 47.1 Å². The summed E-state index contributed by atoms with van der Waals surface area (Å²) in [6.07, 6.45) is -1.32. The number of anilines is 3. The number of carbonyl (C=O) groups excluding carboxylic acids is 2. The van der Waals surface area contributed by atoms with Crippen molar-refractivity contribution in [3.8, 4) is 0 Å². The van der Waals surface area contributed by atoms with Gasteiger partial charge in [0.2, 0.25) is 11.7 Å². The van der Waals surface area contributed by atoms with Gasteiger partial charge in [-0.25, -0.2) is 4.98 Å². The molecule has 1 atom stereocenters. The second-order valence-corrected chi connectivity index (χ2v) is 10.3. The van der Waals surface area contributed by atoms with Crippen LogP contribution in [0.5, 0.6) is 0 Å². The van der Waals surface area contributed by atoms with Crippen molar-refractivity contribution < 1.29 is 27.2 Å². The molecule has 0 bridgehead atoms. The number of alkyl halides is 3. The number of aromatic nitrogens is 2. The van der Waals surface area contributed by atoms with Crippen LogP contribution in [0.4, 0.5) is 30.7 Å². The van der Waals surface area contributed by atoms with Gasteiger partial charge >= 0.3 is 6.18 Å². The van der Waals surface area contributed by atoms with Crippen molar-refractivity contribution in [2.24, 2.45) is 5.92 Å². The summed E-state index contributed by atoms with van der Waals surface area (Å²) >= 11 is 0. The van der Waals surface area contributed by atoms with E-state index >= 15 is 0 Å². The highest BCUT2D eigenvalue weighted by Crippen LogP contribution is 2.35. The van der Waals surface area contributed by atoms with Crippen molar-refractivity contribution >= 4 is 29.3 Å². The first-order valence-electron chi connectivity index (χ1n) is 13.3. The summed E-state index contributed by atoms with van der Waals surface area (Å²) in [6.45, 7) is 5.32. The number of piperidine rings is 1. The molecule has 2 fully saturated rings. The first-order valence-corrected chi connectivity index (χ1v) is 13.3. The number of carbonyl (C=O) groups is 2. The van der Waals surface area contributed by atoms with Crippen molar-refractivity contribution in [2.75, 3.05) is 54.4 Å². The number of amides is 2. The lowest BCUT2D eigenvalue weighted by molar-refractivity contribution is -0.141. The van der Waals surface area contributed by atoms with Crippen molar-refractivity contribution in [3.05, 3.63) is 65.7 Å². The molecule has 0 radical (unpaired) electrons. The van der Waals surface area contributed by atoms with E-state index in [1.54, 1.807) is 17.0 Å². The summed E-state index contributed by atoms with van der Waals surface area (Å²) in [5, 5.41) is 2.45. The number of benzene rings is 1. The summed E-state index contributed by atoms with van der Waals surface area (Å²) in [5.74, 6) is -0.919. The lowest BCUT2D eigenvalue weighted by Gasteiger charge is -2.35. The Morgan fingerprint density at radius 1 is 1.02 bits per heavy atom. The number of oxazole rings is 1. The Balaban J connectivity index is 1.20. The Hall–Kier alpha value is -4.09. The van der Waals surface area contributed by atoms with Crippen LogP contribution in [0.15, 0.2) is 53.1 Å². The number of rotatable bonds is 6. The highest BCUT2D eigenvalue weighted by molar-refractivity contribution is 6.03. The number of hydrogen-bond acceptors (Lipinski definition) is 7. The third-order valence-corrected chi connectivity index (χ3v) is 7.18. The maximum atomic E-state index is 13.7. The van der Waals surface area contributed by atoms with Crippen molar-refractivity contribution in [1.82, 2.24) is 14.9 Å². The fourth-order valence-corrected chi connectivity index (χ4v) is 5.06. The lowest BCUT2D eigenvalue weighted by atomic mass is 10.0. The molecule has 1 N–H and O–H groups in total. The minimum absolute atomic E-state index is 0.0699. The fraction of sp³-hybridized carbons (Fsp3) is 0.429. The van der Waals surface area contributed by atoms with Crippen molar-refractivity contribution in [2.45, 2.75) is 32.4 Å². The molecule has 3 aromatic rings. The quantitative estimate of drug-likeness (QED) is 0.479. The zero-order chi connectivity index (χ0) is 28.3. The number of halogens is 3. The van der Waals surface area contributed by atoms with Crippen LogP contribution < -0.4 is 15.1 Å². The minimum Gasteiger partial charge on any atom is -0.417 e. The SMILES string of the molecule is CC1CCCN(c2nc(C(F)(F)F)c(C(=O)Nc3ccc(N4CCN(C(=O)Cc5ccccc5)CC4)nc3)o2)C1. The molecule has 5 rings (SSSR count). The molecule has 0 aliphatic carbocycles. The monoisotopic (exact) mass is 556 g/mol. The molecule has 2 aliphatic heterocycles. The van der Waals surface area contributed by atoms with Gasteiger partial charge in [-0.05, 0) is 36.5 Å². The second kappa shape index (κ2) is 11.6. The number of pyridine rings is 1. The van der Waals surface area contributed by atoms with Gasteiger partial charge in [-0.1, -0.05) is 37.3 Å². The van der Waals surface area contributed by atoms with Gasteiger partial charge in [-0.2, -0.15) is 18.2 Å². The Kier molecular flexibility index (Phi) is 7.95. The van der Waals surface area contributed by atoms with Crippen LogP contribution in [0.1, 0.15) is 41.6 Å². The van der Waals surface area contributed by atoms with E-state index in [0.717, 1.165) is 18.4 Å². The fourth-order valence-electron chi connectivity index (χ4n) is 5.06. The Morgan fingerprint density at radius 3 is 2.42 bits per heavy atom. The molecular weight excluding hydrogens is 525 g/mol. The molecule has 0 spiro atoms. The van der Waals surface area contributed by atoms with Gasteiger partial charge in [-0.3, -0.25) is 9.59 Å². The van der Waals surface area contributed by atoms with E-state index < -0.39 is 23.5 Å². The van der Waals surface area contributed by atoms with Crippen LogP contribution in [0.25, 0.3) is 0 Å². The van der Waals surface area contributed by atoms with Gasteiger partial charge in [-0.15, -0.1) is 0 Å². The van der Waals surface area contributed by atoms with Gasteiger partial charge in [0.15, 0.2) is 5.69 Å². The van der Waals surface area contributed by atoms with Crippen LogP contribution in [0.2, 0.25) is 0 Å². The Bertz CT molecular complexity index is 1320. The first kappa shape index (κ1) is 27.5. The molecule has 2 aliphatic rings. The van der Waals surface area contributed by atoms with Crippen LogP contribution >= 0.6 is 0 Å². The lowest BCUT2D eigenvalue weighted by Crippen LogP contribution is -2.49. The number of nitrogens with one attached hydrogen (secondary N) is 1. The van der Waals surface area contributed by atoms with Gasteiger partial charge in [0.1, 0.15) is 5.82 Å². The molecule has 40 heavy (non-hydrogen) atoms. The molecule has 212 valence electrons. The topological polar surface area (TPSA) is 94.8 Å². The molecule has 9 nitrogen and oxygen atoms in total. The van der Waals surface area contributed by atoms with Gasteiger partial charge in [0, 0.05) is 39.3 Å². The highest BCUT2D eigenvalue weighted by Gasteiger charge is 2.42. The standard InChI is InChI=1S/C28H31F3N6O3/c1-19-6-5-11-37(18-19)27-34-25(28(29,30)31)24(40-27)26(39)33-21-9-10-22(32-17-21)35-12-14-36(15-13-35)23(38)16-20-7-3-2-4-8-20/h2-4,7-10,17,19H,5-6,11-16,18H2,1H3,(H,33,39). The summed E-state index contributed by atoms with van der Waals surface area (Å²) in [5.41, 5.74) is -0.148. The van der Waals surface area contributed by atoms with E-state index in [-0.39, 0.29) is 23.5 Å². The van der Waals surface area contributed by atoms with Crippen LogP contribution in [0.3, 0.4) is 0 Å². The number of nitrogens with zero attached hydrogens (tertiary/aromatic N) is 5. The molecule has 1 aromatic carbocycles. The maximum Gasteiger partial charge on any atom is 0.437 e. The average Bonchev–Trinajstić information content (AvgIpc) is 3.41. The zero-order valence-corrected chi connectivity index (χ0v) is 22.2. The third-order valence-electron chi connectivity index (χ3n) is 7.18.